The number of hydrogen-bond acceptors (Lipinski definition) is 1. The van der Waals surface area contributed by atoms with E-state index in [9.17, 15) is 4.39 Å². The number of rotatable bonds is 1. The minimum atomic E-state index is -0.272. The smallest absolute Gasteiger partial charge is 0.152 e. The Morgan fingerprint density at radius 3 is 2.31 bits per heavy atom. The molecule has 0 amide bonds. The Labute approximate surface area is 79.8 Å². The van der Waals surface area contributed by atoms with Gasteiger partial charge in [-0.25, -0.2) is 4.39 Å². The molecule has 1 aromatic carbocycles. The molecule has 0 atom stereocenters. The van der Waals surface area contributed by atoms with Crippen LogP contribution in [0.15, 0.2) is 41.0 Å². The van der Waals surface area contributed by atoms with Crippen molar-refractivity contribution in [3.63, 3.8) is 0 Å². The molecule has 0 N–H and O–H groups in total. The van der Waals surface area contributed by atoms with Crippen LogP contribution >= 0.6 is 11.6 Å². The number of furan rings is 1. The maximum absolute atomic E-state index is 12.6. The number of hydrogen-bond donors (Lipinski definition) is 0. The van der Waals surface area contributed by atoms with Gasteiger partial charge in [-0.1, -0.05) is 11.6 Å². The van der Waals surface area contributed by atoms with Crippen LogP contribution in [-0.4, -0.2) is 0 Å². The summed E-state index contributed by atoms with van der Waals surface area (Å²) in [4.78, 5) is 0. The quantitative estimate of drug-likeness (QED) is 0.677. The molecule has 66 valence electrons. The lowest BCUT2D eigenvalue weighted by atomic mass is 10.2. The summed E-state index contributed by atoms with van der Waals surface area (Å²) in [6, 6.07) is 7.64. The lowest BCUT2D eigenvalue weighted by Crippen LogP contribution is -1.76. The zero-order valence-corrected chi connectivity index (χ0v) is 7.38. The van der Waals surface area contributed by atoms with E-state index >= 15 is 0 Å². The summed E-state index contributed by atoms with van der Waals surface area (Å²) in [5.41, 5.74) is 0.774. The molecule has 13 heavy (non-hydrogen) atoms. The summed E-state index contributed by atoms with van der Waals surface area (Å²) < 4.78 is 17.7. The molecule has 1 nitrogen and oxygen atoms in total. The molecule has 0 aliphatic heterocycles. The zero-order valence-electron chi connectivity index (χ0n) is 6.63. The topological polar surface area (TPSA) is 13.1 Å². The van der Waals surface area contributed by atoms with E-state index in [0.717, 1.165) is 5.56 Å². The normalized spacial score (nSPS) is 10.3. The maximum Gasteiger partial charge on any atom is 0.152 e. The summed E-state index contributed by atoms with van der Waals surface area (Å²) in [5.74, 6) is 0.299. The predicted molar refractivity (Wildman–Crippen MR) is 49.1 cm³/mol. The van der Waals surface area contributed by atoms with E-state index in [2.05, 4.69) is 0 Å². The molecule has 0 fully saturated rings. The highest BCUT2D eigenvalue weighted by atomic mass is 35.5. The van der Waals surface area contributed by atoms with Crippen molar-refractivity contribution in [2.24, 2.45) is 0 Å². The molecule has 3 heteroatoms. The second kappa shape index (κ2) is 3.23. The van der Waals surface area contributed by atoms with Gasteiger partial charge in [0.15, 0.2) is 5.76 Å². The van der Waals surface area contributed by atoms with Crippen LogP contribution in [-0.2, 0) is 0 Å². The Morgan fingerprint density at radius 2 is 1.77 bits per heavy atom. The van der Waals surface area contributed by atoms with Gasteiger partial charge in [0.2, 0.25) is 0 Å². The van der Waals surface area contributed by atoms with Crippen molar-refractivity contribution in [3.8, 4) is 11.3 Å². The third-order valence-corrected chi connectivity index (χ3v) is 2.02. The van der Waals surface area contributed by atoms with Gasteiger partial charge in [0, 0.05) is 5.56 Å². The molecule has 0 spiro atoms. The van der Waals surface area contributed by atoms with Crippen molar-refractivity contribution < 1.29 is 8.81 Å². The van der Waals surface area contributed by atoms with Gasteiger partial charge in [-0.3, -0.25) is 0 Å². The average Bonchev–Trinajstić information content (AvgIpc) is 2.53. The van der Waals surface area contributed by atoms with Gasteiger partial charge in [0.05, 0.1) is 11.3 Å². The monoisotopic (exact) mass is 196 g/mol. The van der Waals surface area contributed by atoms with Crippen LogP contribution in [0.4, 0.5) is 4.39 Å². The fourth-order valence-electron chi connectivity index (χ4n) is 1.10. The minimum Gasteiger partial charge on any atom is -0.463 e. The lowest BCUT2D eigenvalue weighted by molar-refractivity contribution is 0.582. The van der Waals surface area contributed by atoms with E-state index in [-0.39, 0.29) is 5.82 Å². The molecule has 0 saturated carbocycles. The molecular formula is C10H6ClFO. The Morgan fingerprint density at radius 1 is 1.08 bits per heavy atom. The van der Waals surface area contributed by atoms with Crippen LogP contribution in [0.3, 0.4) is 0 Å². The number of halogens is 2. The lowest BCUT2D eigenvalue weighted by Gasteiger charge is -1.96. The summed E-state index contributed by atoms with van der Waals surface area (Å²) >= 11 is 5.83. The van der Waals surface area contributed by atoms with Crippen LogP contribution in [0, 0.1) is 5.82 Å². The Kier molecular flexibility index (Phi) is 2.07. The third-order valence-electron chi connectivity index (χ3n) is 1.72. The highest BCUT2D eigenvalue weighted by molar-refractivity contribution is 6.32. The highest BCUT2D eigenvalue weighted by Crippen LogP contribution is 2.28. The van der Waals surface area contributed by atoms with Crippen molar-refractivity contribution in [1.82, 2.24) is 0 Å². The van der Waals surface area contributed by atoms with Crippen LogP contribution in [0.1, 0.15) is 0 Å². The minimum absolute atomic E-state index is 0.272. The molecular weight excluding hydrogens is 191 g/mol. The highest BCUT2D eigenvalue weighted by Gasteiger charge is 2.05. The van der Waals surface area contributed by atoms with Gasteiger partial charge in [0.25, 0.3) is 0 Å². The van der Waals surface area contributed by atoms with E-state index in [1.807, 2.05) is 0 Å². The van der Waals surface area contributed by atoms with E-state index in [1.165, 1.54) is 18.4 Å². The van der Waals surface area contributed by atoms with Crippen molar-refractivity contribution in [2.45, 2.75) is 0 Å². The van der Waals surface area contributed by atoms with Gasteiger partial charge in [-0.15, -0.1) is 0 Å². The Balaban J connectivity index is 2.47. The largest absolute Gasteiger partial charge is 0.463 e. The van der Waals surface area contributed by atoms with E-state index < -0.39 is 0 Å². The summed E-state index contributed by atoms with van der Waals surface area (Å²) in [6.45, 7) is 0. The maximum atomic E-state index is 12.6. The van der Waals surface area contributed by atoms with Crippen LogP contribution < -0.4 is 0 Å². The molecule has 2 rings (SSSR count). The second-order valence-electron chi connectivity index (χ2n) is 2.60. The van der Waals surface area contributed by atoms with Gasteiger partial charge >= 0.3 is 0 Å². The van der Waals surface area contributed by atoms with Crippen LogP contribution in [0.5, 0.6) is 0 Å². The first-order valence-corrected chi connectivity index (χ1v) is 4.14. The van der Waals surface area contributed by atoms with E-state index in [1.54, 1.807) is 18.2 Å². The molecule has 1 aromatic heterocycles. The predicted octanol–water partition coefficient (Wildman–Crippen LogP) is 3.74. The molecule has 0 unspecified atom stereocenters. The fraction of sp³-hybridized carbons (Fsp3) is 0. The second-order valence-corrected chi connectivity index (χ2v) is 3.01. The third kappa shape index (κ3) is 1.58. The van der Waals surface area contributed by atoms with Crippen LogP contribution in [0.2, 0.25) is 5.02 Å². The summed E-state index contributed by atoms with van der Waals surface area (Å²) in [7, 11) is 0. The summed E-state index contributed by atoms with van der Waals surface area (Å²) in [5, 5.41) is 0.534. The van der Waals surface area contributed by atoms with Gasteiger partial charge in [-0.2, -0.15) is 0 Å². The van der Waals surface area contributed by atoms with Gasteiger partial charge < -0.3 is 4.42 Å². The standard InChI is InChI=1S/C10H6ClFO/c11-9-5-6-13-10(9)7-1-3-8(12)4-2-7/h1-6H. The molecule has 1 heterocycles. The average molecular weight is 197 g/mol. The fourth-order valence-corrected chi connectivity index (χ4v) is 1.31. The summed E-state index contributed by atoms with van der Waals surface area (Å²) in [6.07, 6.45) is 1.50. The van der Waals surface area contributed by atoms with E-state index in [4.69, 9.17) is 16.0 Å². The Hall–Kier alpha value is -1.28. The Bertz CT molecular complexity index is 405. The first kappa shape index (κ1) is 8.32. The van der Waals surface area contributed by atoms with Crippen molar-refractivity contribution in [3.05, 3.63) is 47.4 Å². The van der Waals surface area contributed by atoms with Crippen LogP contribution in [0.25, 0.3) is 11.3 Å². The van der Waals surface area contributed by atoms with Gasteiger partial charge in [0.1, 0.15) is 5.82 Å². The molecule has 0 aliphatic carbocycles. The van der Waals surface area contributed by atoms with Crippen molar-refractivity contribution >= 4 is 11.6 Å². The van der Waals surface area contributed by atoms with E-state index in [0.29, 0.717) is 10.8 Å². The first-order valence-electron chi connectivity index (χ1n) is 3.76. The first-order chi connectivity index (χ1) is 6.27. The molecule has 0 aliphatic rings. The van der Waals surface area contributed by atoms with Gasteiger partial charge in [-0.05, 0) is 30.3 Å². The SMILES string of the molecule is Fc1ccc(-c2occc2Cl)cc1. The molecule has 2 aromatic rings. The molecule has 0 saturated heterocycles. The zero-order chi connectivity index (χ0) is 9.26. The molecule has 0 bridgehead atoms. The number of benzene rings is 1. The van der Waals surface area contributed by atoms with Crippen molar-refractivity contribution in [2.75, 3.05) is 0 Å². The molecule has 0 radical (unpaired) electrons. The van der Waals surface area contributed by atoms with Crippen molar-refractivity contribution in [1.29, 1.82) is 0 Å².